The molecule has 0 aromatic heterocycles. The minimum absolute atomic E-state index is 0. The molecular formula is C30H34ClN5O5S. The fourth-order valence-corrected chi connectivity index (χ4v) is 5.69. The van der Waals surface area contributed by atoms with Gasteiger partial charge in [-0.25, -0.2) is 8.42 Å². The van der Waals surface area contributed by atoms with E-state index in [9.17, 15) is 28.1 Å². The summed E-state index contributed by atoms with van der Waals surface area (Å²) in [5.74, 6) is -2.51. The van der Waals surface area contributed by atoms with E-state index in [0.717, 1.165) is 28.2 Å². The zero-order chi connectivity index (χ0) is 30.1. The molecule has 0 fully saturated rings. The van der Waals surface area contributed by atoms with Gasteiger partial charge in [0, 0.05) is 6.26 Å². The molecule has 0 saturated carbocycles. The Bertz CT molecular complexity index is 1690. The zero-order valence-corrected chi connectivity index (χ0v) is 25.7. The number of nitrogens with one attached hydrogen (secondary N) is 2. The highest BCUT2D eigenvalue weighted by molar-refractivity contribution is 7.91. The van der Waals surface area contributed by atoms with Gasteiger partial charge in [0.05, 0.1) is 41.6 Å². The third kappa shape index (κ3) is 6.57. The Morgan fingerprint density at radius 1 is 1.10 bits per heavy atom. The highest BCUT2D eigenvalue weighted by Crippen LogP contribution is 2.38. The molecule has 10 nitrogen and oxygen atoms in total. The van der Waals surface area contributed by atoms with Gasteiger partial charge >= 0.3 is 0 Å². The number of benzene rings is 3. The fourth-order valence-electron chi connectivity index (χ4n) is 5.10. The number of carbonyl (C=O) groups is 3. The first-order valence-electron chi connectivity index (χ1n) is 13.2. The van der Waals surface area contributed by atoms with Crippen molar-refractivity contribution in [3.8, 4) is 6.07 Å². The molecule has 3 aromatic rings. The Labute approximate surface area is 252 Å². The summed E-state index contributed by atoms with van der Waals surface area (Å²) in [4.78, 5) is 43.7. The Kier molecular flexibility index (Phi) is 9.99. The molecule has 1 heterocycles. The molecule has 42 heavy (non-hydrogen) atoms. The zero-order valence-electron chi connectivity index (χ0n) is 24.0. The van der Waals surface area contributed by atoms with Gasteiger partial charge in [-0.2, -0.15) is 5.26 Å². The predicted octanol–water partition coefficient (Wildman–Crippen LogP) is 2.85. The number of hydrogen-bond donors (Lipinski definition) is 2. The summed E-state index contributed by atoms with van der Waals surface area (Å²) in [6, 6.07) is 15.6. The molecule has 1 aliphatic heterocycles. The van der Waals surface area contributed by atoms with Crippen LogP contribution in [0.5, 0.6) is 0 Å². The summed E-state index contributed by atoms with van der Waals surface area (Å²) >= 11 is 0. The molecule has 0 saturated heterocycles. The van der Waals surface area contributed by atoms with Gasteiger partial charge in [-0.05, 0) is 67.9 Å². The third-order valence-corrected chi connectivity index (χ3v) is 8.22. The van der Waals surface area contributed by atoms with Crippen LogP contribution in [0.15, 0.2) is 54.6 Å². The van der Waals surface area contributed by atoms with Gasteiger partial charge in [0.1, 0.15) is 11.8 Å². The molecular weight excluding hydrogens is 578 g/mol. The average Bonchev–Trinajstić information content (AvgIpc) is 3.01. The number of nitrogens with zero attached hydrogens (tertiary/aromatic N) is 3. The number of rotatable bonds is 7. The van der Waals surface area contributed by atoms with Crippen molar-refractivity contribution >= 4 is 62.1 Å². The maximum Gasteiger partial charge on any atom is 0.252 e. The third-order valence-electron chi connectivity index (χ3n) is 7.45. The van der Waals surface area contributed by atoms with Gasteiger partial charge in [0.2, 0.25) is 11.8 Å². The topological polar surface area (TPSA) is 140 Å². The fraction of sp³-hybridized carbons (Fsp3) is 0.333. The summed E-state index contributed by atoms with van der Waals surface area (Å²) in [7, 11) is -2.13. The lowest BCUT2D eigenvalue weighted by Crippen LogP contribution is -2.60. The number of fused-ring (bicyclic) bond motifs is 2. The second-order valence-electron chi connectivity index (χ2n) is 10.4. The average molecular weight is 612 g/mol. The Balaban J connectivity index is 0.00000484. The number of halogens is 1. The molecule has 0 radical (unpaired) electrons. The molecule has 0 aliphatic carbocycles. The molecule has 222 valence electrons. The number of carbonyl (C=O) groups excluding carboxylic acids is 3. The quantitative estimate of drug-likeness (QED) is 0.419. The Morgan fingerprint density at radius 3 is 2.43 bits per heavy atom. The summed E-state index contributed by atoms with van der Waals surface area (Å²) in [5.41, 5.74) is 2.60. The number of nitriles is 1. The van der Waals surface area contributed by atoms with E-state index in [0.29, 0.717) is 5.69 Å². The molecule has 4 rings (SSSR count). The van der Waals surface area contributed by atoms with Crippen molar-refractivity contribution < 1.29 is 22.8 Å². The van der Waals surface area contributed by atoms with Crippen molar-refractivity contribution in [2.45, 2.75) is 45.4 Å². The van der Waals surface area contributed by atoms with Crippen molar-refractivity contribution in [2.75, 3.05) is 28.9 Å². The number of likely N-dealkylation sites (N-methyl/N-ethyl adjacent to an activating group) is 1. The van der Waals surface area contributed by atoms with Gasteiger partial charge in [0.25, 0.3) is 5.91 Å². The van der Waals surface area contributed by atoms with Gasteiger partial charge in [-0.1, -0.05) is 36.4 Å². The Hall–Kier alpha value is -3.98. The van der Waals surface area contributed by atoms with Crippen LogP contribution in [0.4, 0.5) is 11.4 Å². The lowest BCUT2D eigenvalue weighted by Gasteiger charge is -2.32. The van der Waals surface area contributed by atoms with E-state index in [1.807, 2.05) is 43.3 Å². The van der Waals surface area contributed by atoms with E-state index in [1.54, 1.807) is 33.0 Å². The number of sulfone groups is 1. The minimum atomic E-state index is -3.74. The van der Waals surface area contributed by atoms with Crippen LogP contribution in [0, 0.1) is 18.3 Å². The summed E-state index contributed by atoms with van der Waals surface area (Å²) < 4.78 is 24.4. The van der Waals surface area contributed by atoms with Crippen LogP contribution in [0.25, 0.3) is 10.8 Å². The van der Waals surface area contributed by atoms with Crippen molar-refractivity contribution in [3.63, 3.8) is 0 Å². The van der Waals surface area contributed by atoms with Gasteiger partial charge in [0.15, 0.2) is 9.84 Å². The van der Waals surface area contributed by atoms with Crippen LogP contribution >= 0.6 is 12.4 Å². The largest absolute Gasteiger partial charge is 0.341 e. The van der Waals surface area contributed by atoms with Crippen LogP contribution in [0.1, 0.15) is 30.5 Å². The van der Waals surface area contributed by atoms with E-state index >= 15 is 0 Å². The number of aryl methyl sites for hydroxylation is 1. The lowest BCUT2D eigenvalue weighted by molar-refractivity contribution is -0.129. The number of amides is 3. The second-order valence-corrected chi connectivity index (χ2v) is 12.5. The van der Waals surface area contributed by atoms with Crippen LogP contribution in [-0.2, 0) is 30.8 Å². The molecule has 2 N–H and O–H groups in total. The van der Waals surface area contributed by atoms with Gasteiger partial charge in [-0.15, -0.1) is 12.4 Å². The van der Waals surface area contributed by atoms with E-state index in [-0.39, 0.29) is 30.2 Å². The van der Waals surface area contributed by atoms with Crippen molar-refractivity contribution in [1.29, 1.82) is 5.26 Å². The molecule has 0 spiro atoms. The maximum atomic E-state index is 14.4. The second kappa shape index (κ2) is 12.9. The predicted molar refractivity (Wildman–Crippen MR) is 165 cm³/mol. The van der Waals surface area contributed by atoms with Crippen molar-refractivity contribution in [2.24, 2.45) is 0 Å². The SMILES string of the molecule is CN[C@@H](C)C(=O)N[C@@H]1C(=O)N(Cc2c(C)ccc3ccccc23)c2ccc(C#N)cc2N(C(=O)CS(C)(=O)=O)[C@H]1C.Cl. The smallest absolute Gasteiger partial charge is 0.252 e. The molecule has 3 aromatic carbocycles. The number of hydrogen-bond acceptors (Lipinski definition) is 7. The monoisotopic (exact) mass is 611 g/mol. The van der Waals surface area contributed by atoms with Crippen LogP contribution in [0.3, 0.4) is 0 Å². The summed E-state index contributed by atoms with van der Waals surface area (Å²) in [5, 5.41) is 17.2. The summed E-state index contributed by atoms with van der Waals surface area (Å²) in [6.45, 7) is 5.28. The standard InChI is InChI=1S/C30H33N5O5S.ClH/c1-18-10-12-22-8-6-7-9-23(22)24(18)16-34-25-13-11-21(15-31)14-26(25)35(27(36)17-41(5,39)40)20(3)28(30(34)38)33-29(37)19(2)32-4;/h6-14,19-20,28,32H,16-17H2,1-5H3,(H,33,37);1H/t19-,20-,28-;/m0./s1. The van der Waals surface area contributed by atoms with E-state index in [4.69, 9.17) is 0 Å². The first-order chi connectivity index (χ1) is 19.4. The van der Waals surface area contributed by atoms with E-state index < -0.39 is 51.4 Å². The molecule has 0 bridgehead atoms. The highest BCUT2D eigenvalue weighted by atomic mass is 35.5. The normalized spacial score (nSPS) is 17.5. The first-order valence-corrected chi connectivity index (χ1v) is 15.2. The van der Waals surface area contributed by atoms with Crippen molar-refractivity contribution in [1.82, 2.24) is 10.6 Å². The minimum Gasteiger partial charge on any atom is -0.341 e. The molecule has 1 aliphatic rings. The van der Waals surface area contributed by atoms with Crippen molar-refractivity contribution in [3.05, 3.63) is 71.3 Å². The van der Waals surface area contributed by atoms with Gasteiger partial charge in [-0.3, -0.25) is 14.4 Å². The maximum absolute atomic E-state index is 14.4. The van der Waals surface area contributed by atoms with Crippen LogP contribution < -0.4 is 20.4 Å². The van der Waals surface area contributed by atoms with E-state index in [2.05, 4.69) is 16.7 Å². The van der Waals surface area contributed by atoms with E-state index in [1.165, 1.54) is 15.9 Å². The first kappa shape index (κ1) is 32.5. The van der Waals surface area contributed by atoms with Crippen LogP contribution in [-0.4, -0.2) is 63.3 Å². The molecule has 3 atom stereocenters. The molecule has 0 unspecified atom stereocenters. The molecule has 12 heteroatoms. The van der Waals surface area contributed by atoms with Crippen LogP contribution in [0.2, 0.25) is 0 Å². The highest BCUT2D eigenvalue weighted by Gasteiger charge is 2.43. The molecule has 3 amide bonds. The summed E-state index contributed by atoms with van der Waals surface area (Å²) in [6.07, 6.45) is 0.953. The Morgan fingerprint density at radius 2 is 1.79 bits per heavy atom. The van der Waals surface area contributed by atoms with Gasteiger partial charge < -0.3 is 20.4 Å². The lowest BCUT2D eigenvalue weighted by atomic mass is 9.98. The number of anilines is 2.